The molecule has 4 heteroatoms. The van der Waals surface area contributed by atoms with Crippen LogP contribution in [-0.2, 0) is 0 Å². The second-order valence-corrected chi connectivity index (χ2v) is 4.64. The zero-order valence-corrected chi connectivity index (χ0v) is 10.7. The molecule has 0 bridgehead atoms. The van der Waals surface area contributed by atoms with E-state index in [9.17, 15) is 9.90 Å². The van der Waals surface area contributed by atoms with Crippen molar-refractivity contribution < 1.29 is 9.90 Å². The van der Waals surface area contributed by atoms with Crippen LogP contribution < -0.4 is 0 Å². The SMILES string of the molecule is Cc1ccc(-c2nn(C(C)C)cc2C(=O)O)cc1. The molecule has 94 valence electrons. The van der Waals surface area contributed by atoms with Gasteiger partial charge in [0.15, 0.2) is 0 Å². The summed E-state index contributed by atoms with van der Waals surface area (Å²) >= 11 is 0. The third-order valence-electron chi connectivity index (χ3n) is 2.82. The predicted molar refractivity (Wildman–Crippen MR) is 69.7 cm³/mol. The molecule has 0 radical (unpaired) electrons. The van der Waals surface area contributed by atoms with Crippen LogP contribution in [0.1, 0.15) is 35.8 Å². The quantitative estimate of drug-likeness (QED) is 0.902. The van der Waals surface area contributed by atoms with Crippen molar-refractivity contribution in [3.05, 3.63) is 41.6 Å². The van der Waals surface area contributed by atoms with Crippen LogP contribution in [0.5, 0.6) is 0 Å². The number of benzene rings is 1. The molecule has 2 rings (SSSR count). The Labute approximate surface area is 106 Å². The number of carbonyl (C=O) groups is 1. The van der Waals surface area contributed by atoms with Crippen molar-refractivity contribution in [2.75, 3.05) is 0 Å². The molecule has 2 aromatic rings. The van der Waals surface area contributed by atoms with Gasteiger partial charge in [-0.3, -0.25) is 4.68 Å². The third kappa shape index (κ3) is 2.27. The number of aromatic nitrogens is 2. The number of aromatic carboxylic acids is 1. The van der Waals surface area contributed by atoms with Crippen LogP contribution in [0.15, 0.2) is 30.5 Å². The molecule has 0 spiro atoms. The second kappa shape index (κ2) is 4.64. The van der Waals surface area contributed by atoms with Crippen LogP contribution in [0.4, 0.5) is 0 Å². The highest BCUT2D eigenvalue weighted by molar-refractivity contribution is 5.94. The number of rotatable bonds is 3. The maximum atomic E-state index is 11.2. The van der Waals surface area contributed by atoms with Crippen molar-refractivity contribution >= 4 is 5.97 Å². The zero-order valence-electron chi connectivity index (χ0n) is 10.7. The van der Waals surface area contributed by atoms with Gasteiger partial charge < -0.3 is 5.11 Å². The summed E-state index contributed by atoms with van der Waals surface area (Å²) in [7, 11) is 0. The van der Waals surface area contributed by atoms with Crippen LogP contribution in [0.3, 0.4) is 0 Å². The molecule has 1 aromatic carbocycles. The van der Waals surface area contributed by atoms with Gasteiger partial charge in [0.05, 0.1) is 0 Å². The van der Waals surface area contributed by atoms with E-state index in [4.69, 9.17) is 0 Å². The first kappa shape index (κ1) is 12.4. The highest BCUT2D eigenvalue weighted by Gasteiger charge is 2.17. The highest BCUT2D eigenvalue weighted by atomic mass is 16.4. The van der Waals surface area contributed by atoms with Gasteiger partial charge in [-0.05, 0) is 20.8 Å². The molecule has 1 N–H and O–H groups in total. The maximum absolute atomic E-state index is 11.2. The molecule has 1 aromatic heterocycles. The van der Waals surface area contributed by atoms with Gasteiger partial charge >= 0.3 is 5.97 Å². The number of hydrogen-bond donors (Lipinski definition) is 1. The summed E-state index contributed by atoms with van der Waals surface area (Å²) in [5.74, 6) is -0.947. The van der Waals surface area contributed by atoms with Gasteiger partial charge in [0, 0.05) is 17.8 Å². The summed E-state index contributed by atoms with van der Waals surface area (Å²) < 4.78 is 1.68. The van der Waals surface area contributed by atoms with Gasteiger partial charge in [0.1, 0.15) is 11.3 Å². The van der Waals surface area contributed by atoms with Gasteiger partial charge in [-0.1, -0.05) is 29.8 Å². The molecule has 0 aliphatic carbocycles. The molecular formula is C14H16N2O2. The standard InChI is InChI=1S/C14H16N2O2/c1-9(2)16-8-12(14(17)18)13(15-16)11-6-4-10(3)5-7-11/h4-9H,1-3H3,(H,17,18). The zero-order chi connectivity index (χ0) is 13.3. The van der Waals surface area contributed by atoms with Crippen molar-refractivity contribution in [1.82, 2.24) is 9.78 Å². The lowest BCUT2D eigenvalue weighted by molar-refractivity contribution is 0.0697. The van der Waals surface area contributed by atoms with Gasteiger partial charge in [0.25, 0.3) is 0 Å². The number of carboxylic acids is 1. The van der Waals surface area contributed by atoms with E-state index in [1.807, 2.05) is 45.0 Å². The first-order valence-corrected chi connectivity index (χ1v) is 5.88. The van der Waals surface area contributed by atoms with Crippen LogP contribution in [-0.4, -0.2) is 20.9 Å². The number of hydrogen-bond acceptors (Lipinski definition) is 2. The second-order valence-electron chi connectivity index (χ2n) is 4.64. The lowest BCUT2D eigenvalue weighted by Crippen LogP contribution is -2.00. The summed E-state index contributed by atoms with van der Waals surface area (Å²) in [4.78, 5) is 11.2. The van der Waals surface area contributed by atoms with E-state index in [0.29, 0.717) is 5.69 Å². The maximum Gasteiger partial charge on any atom is 0.339 e. The van der Waals surface area contributed by atoms with E-state index in [1.54, 1.807) is 10.9 Å². The molecule has 0 aliphatic rings. The largest absolute Gasteiger partial charge is 0.478 e. The Hall–Kier alpha value is -2.10. The normalized spacial score (nSPS) is 10.9. The molecule has 0 unspecified atom stereocenters. The molecule has 0 aliphatic heterocycles. The number of nitrogens with zero attached hydrogens (tertiary/aromatic N) is 2. The minimum absolute atomic E-state index is 0.141. The van der Waals surface area contributed by atoms with Crippen molar-refractivity contribution in [2.45, 2.75) is 26.8 Å². The number of carboxylic acid groups (broad SMARTS) is 1. The molecule has 0 saturated carbocycles. The highest BCUT2D eigenvalue weighted by Crippen LogP contribution is 2.23. The summed E-state index contributed by atoms with van der Waals surface area (Å²) in [5, 5.41) is 13.6. The average Bonchev–Trinajstić information content (AvgIpc) is 2.75. The molecule has 1 heterocycles. The Bertz CT molecular complexity index is 568. The molecular weight excluding hydrogens is 228 g/mol. The summed E-state index contributed by atoms with van der Waals surface area (Å²) in [6.45, 7) is 5.93. The van der Waals surface area contributed by atoms with Crippen LogP contribution in [0, 0.1) is 6.92 Å². The van der Waals surface area contributed by atoms with Gasteiger partial charge in [0.2, 0.25) is 0 Å². The van der Waals surface area contributed by atoms with E-state index >= 15 is 0 Å². The predicted octanol–water partition coefficient (Wildman–Crippen LogP) is 3.14. The first-order chi connectivity index (χ1) is 8.49. The summed E-state index contributed by atoms with van der Waals surface area (Å²) in [5.41, 5.74) is 2.74. The van der Waals surface area contributed by atoms with Crippen LogP contribution in [0.2, 0.25) is 0 Å². The Morgan fingerprint density at radius 1 is 1.28 bits per heavy atom. The van der Waals surface area contributed by atoms with E-state index in [1.165, 1.54) is 0 Å². The Balaban J connectivity index is 2.55. The lowest BCUT2D eigenvalue weighted by atomic mass is 10.1. The lowest BCUT2D eigenvalue weighted by Gasteiger charge is -2.03. The fraction of sp³-hybridized carbons (Fsp3) is 0.286. The van der Waals surface area contributed by atoms with E-state index < -0.39 is 5.97 Å². The van der Waals surface area contributed by atoms with E-state index in [-0.39, 0.29) is 11.6 Å². The molecule has 0 atom stereocenters. The fourth-order valence-corrected chi connectivity index (χ4v) is 1.74. The third-order valence-corrected chi connectivity index (χ3v) is 2.82. The molecule has 4 nitrogen and oxygen atoms in total. The molecule has 18 heavy (non-hydrogen) atoms. The summed E-state index contributed by atoms with van der Waals surface area (Å²) in [6.07, 6.45) is 1.59. The van der Waals surface area contributed by atoms with Crippen LogP contribution >= 0.6 is 0 Å². The smallest absolute Gasteiger partial charge is 0.339 e. The van der Waals surface area contributed by atoms with Gasteiger partial charge in [-0.15, -0.1) is 0 Å². The summed E-state index contributed by atoms with van der Waals surface area (Å²) in [6, 6.07) is 7.84. The van der Waals surface area contributed by atoms with Crippen molar-refractivity contribution in [2.24, 2.45) is 0 Å². The monoisotopic (exact) mass is 244 g/mol. The van der Waals surface area contributed by atoms with Gasteiger partial charge in [-0.25, -0.2) is 4.79 Å². The van der Waals surface area contributed by atoms with Crippen molar-refractivity contribution in [3.8, 4) is 11.3 Å². The Morgan fingerprint density at radius 2 is 1.89 bits per heavy atom. The Morgan fingerprint density at radius 3 is 2.39 bits per heavy atom. The first-order valence-electron chi connectivity index (χ1n) is 5.88. The topological polar surface area (TPSA) is 55.1 Å². The van der Waals surface area contributed by atoms with Gasteiger partial charge in [-0.2, -0.15) is 5.10 Å². The van der Waals surface area contributed by atoms with Crippen molar-refractivity contribution in [3.63, 3.8) is 0 Å². The average molecular weight is 244 g/mol. The Kier molecular flexibility index (Phi) is 3.19. The molecule has 0 saturated heterocycles. The van der Waals surface area contributed by atoms with Crippen molar-refractivity contribution in [1.29, 1.82) is 0 Å². The van der Waals surface area contributed by atoms with E-state index in [2.05, 4.69) is 5.10 Å². The molecule has 0 fully saturated rings. The van der Waals surface area contributed by atoms with Crippen LogP contribution in [0.25, 0.3) is 11.3 Å². The minimum Gasteiger partial charge on any atom is -0.478 e. The number of aryl methyl sites for hydroxylation is 1. The van der Waals surface area contributed by atoms with E-state index in [0.717, 1.165) is 11.1 Å². The molecule has 0 amide bonds. The minimum atomic E-state index is -0.947. The fourth-order valence-electron chi connectivity index (χ4n) is 1.74.